The summed E-state index contributed by atoms with van der Waals surface area (Å²) in [4.78, 5) is 16.2. The number of aryl methyl sites for hydroxylation is 1. The number of aliphatic imine (C=N–C) groups is 1. The molecule has 0 unspecified atom stereocenters. The molecule has 0 aromatic heterocycles. The van der Waals surface area contributed by atoms with Crippen molar-refractivity contribution in [2.45, 2.75) is 40.3 Å². The van der Waals surface area contributed by atoms with Crippen molar-refractivity contribution >= 4 is 11.9 Å². The fraction of sp³-hybridized carbons (Fsp3) is 0.391. The van der Waals surface area contributed by atoms with Gasteiger partial charge in [-0.05, 0) is 49.1 Å². The van der Waals surface area contributed by atoms with Gasteiger partial charge in [-0.1, -0.05) is 43.3 Å². The van der Waals surface area contributed by atoms with E-state index >= 15 is 0 Å². The van der Waals surface area contributed by atoms with Gasteiger partial charge in [0, 0.05) is 19.6 Å². The van der Waals surface area contributed by atoms with Gasteiger partial charge in [0.15, 0.2) is 12.6 Å². The van der Waals surface area contributed by atoms with Crippen LogP contribution in [0, 0.1) is 0 Å². The number of hydrogen-bond donors (Lipinski definition) is 3. The molecule has 0 aliphatic rings. The van der Waals surface area contributed by atoms with Crippen molar-refractivity contribution in [3.8, 4) is 5.75 Å². The fourth-order valence-corrected chi connectivity index (χ4v) is 2.90. The van der Waals surface area contributed by atoms with E-state index in [1.165, 1.54) is 11.1 Å². The van der Waals surface area contributed by atoms with E-state index in [4.69, 9.17) is 4.74 Å². The van der Waals surface area contributed by atoms with E-state index in [-0.39, 0.29) is 12.5 Å². The number of hydrogen-bond acceptors (Lipinski definition) is 3. The lowest BCUT2D eigenvalue weighted by Gasteiger charge is -2.13. The smallest absolute Gasteiger partial charge is 0.257 e. The van der Waals surface area contributed by atoms with Crippen LogP contribution < -0.4 is 20.7 Å². The summed E-state index contributed by atoms with van der Waals surface area (Å²) in [7, 11) is 0. The molecule has 0 heterocycles. The summed E-state index contributed by atoms with van der Waals surface area (Å²) in [5, 5.41) is 9.41. The molecule has 0 fully saturated rings. The summed E-state index contributed by atoms with van der Waals surface area (Å²) >= 11 is 0. The van der Waals surface area contributed by atoms with Crippen molar-refractivity contribution < 1.29 is 9.53 Å². The third kappa shape index (κ3) is 7.86. The van der Waals surface area contributed by atoms with Crippen LogP contribution in [0.1, 0.15) is 37.5 Å². The van der Waals surface area contributed by atoms with Crippen molar-refractivity contribution in [3.05, 3.63) is 65.2 Å². The Morgan fingerprint density at radius 2 is 1.69 bits per heavy atom. The molecule has 0 spiro atoms. The maximum Gasteiger partial charge on any atom is 0.257 e. The Labute approximate surface area is 173 Å². The predicted molar refractivity (Wildman–Crippen MR) is 118 cm³/mol. The van der Waals surface area contributed by atoms with Crippen molar-refractivity contribution in [1.82, 2.24) is 16.0 Å². The van der Waals surface area contributed by atoms with Crippen molar-refractivity contribution in [1.29, 1.82) is 0 Å². The molecule has 2 aromatic carbocycles. The van der Waals surface area contributed by atoms with E-state index in [0.717, 1.165) is 31.0 Å². The molecule has 156 valence electrons. The Morgan fingerprint density at radius 1 is 0.931 bits per heavy atom. The quantitative estimate of drug-likeness (QED) is 0.426. The molecule has 2 aromatic rings. The normalized spacial score (nSPS) is 11.1. The maximum absolute atomic E-state index is 11.5. The molecular weight excluding hydrogens is 364 g/mol. The molecule has 29 heavy (non-hydrogen) atoms. The number of amides is 1. The van der Waals surface area contributed by atoms with E-state index < -0.39 is 0 Å². The number of benzene rings is 2. The zero-order chi connectivity index (χ0) is 20.9. The highest BCUT2D eigenvalue weighted by molar-refractivity contribution is 5.79. The lowest BCUT2D eigenvalue weighted by molar-refractivity contribution is -0.122. The highest BCUT2D eigenvalue weighted by Crippen LogP contribution is 2.14. The average Bonchev–Trinajstić information content (AvgIpc) is 2.75. The second-order valence-corrected chi connectivity index (χ2v) is 6.56. The van der Waals surface area contributed by atoms with Crippen molar-refractivity contribution in [3.63, 3.8) is 0 Å². The van der Waals surface area contributed by atoms with Crippen LogP contribution in [-0.4, -0.2) is 31.6 Å². The molecular formula is C23H32N4O2. The third-order valence-corrected chi connectivity index (χ3v) is 4.35. The van der Waals surface area contributed by atoms with Crippen LogP contribution in [0.3, 0.4) is 0 Å². The van der Waals surface area contributed by atoms with Gasteiger partial charge in [-0.25, -0.2) is 4.99 Å². The molecule has 0 atom stereocenters. The standard InChI is InChI=1S/C23H32N4O2/c1-4-19-11-7-8-12-20(19)16-27-23(25-6-3)26-15-18-10-9-13-21(14-18)29-17-22(28)24-5-2/h7-14H,4-6,15-17H2,1-3H3,(H,24,28)(H2,25,26,27). The molecule has 0 aliphatic heterocycles. The topological polar surface area (TPSA) is 74.8 Å². The number of carbonyl (C=O) groups excluding carboxylic acids is 1. The molecule has 6 heteroatoms. The van der Waals surface area contributed by atoms with Crippen LogP contribution >= 0.6 is 0 Å². The predicted octanol–water partition coefficient (Wildman–Crippen LogP) is 3.02. The van der Waals surface area contributed by atoms with Gasteiger partial charge in [0.25, 0.3) is 5.91 Å². The van der Waals surface area contributed by atoms with E-state index in [2.05, 4.69) is 52.1 Å². The van der Waals surface area contributed by atoms with Gasteiger partial charge in [-0.3, -0.25) is 4.79 Å². The second-order valence-electron chi connectivity index (χ2n) is 6.56. The summed E-state index contributed by atoms with van der Waals surface area (Å²) in [5.41, 5.74) is 3.64. The molecule has 0 aliphatic carbocycles. The van der Waals surface area contributed by atoms with Gasteiger partial charge in [-0.15, -0.1) is 0 Å². The van der Waals surface area contributed by atoms with Crippen molar-refractivity contribution in [2.75, 3.05) is 19.7 Å². The van der Waals surface area contributed by atoms with Gasteiger partial charge in [0.2, 0.25) is 0 Å². The summed E-state index contributed by atoms with van der Waals surface area (Å²) in [6.45, 7) is 8.74. The molecule has 0 saturated heterocycles. The lowest BCUT2D eigenvalue weighted by Crippen LogP contribution is -2.37. The number of nitrogens with zero attached hydrogens (tertiary/aromatic N) is 1. The first-order chi connectivity index (χ1) is 14.2. The largest absolute Gasteiger partial charge is 0.484 e. The van der Waals surface area contributed by atoms with Crippen molar-refractivity contribution in [2.24, 2.45) is 4.99 Å². The fourth-order valence-electron chi connectivity index (χ4n) is 2.90. The average molecular weight is 397 g/mol. The molecule has 1 amide bonds. The summed E-state index contributed by atoms with van der Waals surface area (Å²) in [5.74, 6) is 1.31. The minimum Gasteiger partial charge on any atom is -0.484 e. The minimum absolute atomic E-state index is 0.0155. The van der Waals surface area contributed by atoms with E-state index in [1.54, 1.807) is 0 Å². The van der Waals surface area contributed by atoms with Crippen LogP contribution in [0.25, 0.3) is 0 Å². The highest BCUT2D eigenvalue weighted by atomic mass is 16.5. The van der Waals surface area contributed by atoms with Crippen LogP contribution in [-0.2, 0) is 24.3 Å². The van der Waals surface area contributed by atoms with Crippen LogP contribution in [0.5, 0.6) is 5.75 Å². The van der Waals surface area contributed by atoms with Gasteiger partial charge >= 0.3 is 0 Å². The lowest BCUT2D eigenvalue weighted by atomic mass is 10.1. The summed E-state index contributed by atoms with van der Waals surface area (Å²) in [6.07, 6.45) is 1.01. The van der Waals surface area contributed by atoms with E-state index in [0.29, 0.717) is 18.8 Å². The molecule has 6 nitrogen and oxygen atoms in total. The Balaban J connectivity index is 1.97. The minimum atomic E-state index is -0.123. The Morgan fingerprint density at radius 3 is 2.41 bits per heavy atom. The molecule has 0 radical (unpaired) electrons. The third-order valence-electron chi connectivity index (χ3n) is 4.35. The van der Waals surface area contributed by atoms with E-state index in [9.17, 15) is 4.79 Å². The number of nitrogens with one attached hydrogen (secondary N) is 3. The van der Waals surface area contributed by atoms with Crippen LogP contribution in [0.2, 0.25) is 0 Å². The number of ether oxygens (including phenoxy) is 1. The van der Waals surface area contributed by atoms with Gasteiger partial charge in [0.05, 0.1) is 6.54 Å². The second kappa shape index (κ2) is 12.4. The highest BCUT2D eigenvalue weighted by Gasteiger charge is 2.04. The van der Waals surface area contributed by atoms with Crippen LogP contribution in [0.4, 0.5) is 0 Å². The zero-order valence-electron chi connectivity index (χ0n) is 17.6. The van der Waals surface area contributed by atoms with Gasteiger partial charge in [0.1, 0.15) is 5.75 Å². The van der Waals surface area contributed by atoms with Crippen LogP contribution in [0.15, 0.2) is 53.5 Å². The number of guanidine groups is 1. The Bertz CT molecular complexity index is 805. The summed E-state index contributed by atoms with van der Waals surface area (Å²) in [6, 6.07) is 16.1. The maximum atomic E-state index is 11.5. The van der Waals surface area contributed by atoms with E-state index in [1.807, 2.05) is 38.1 Å². The van der Waals surface area contributed by atoms with Gasteiger partial charge in [-0.2, -0.15) is 0 Å². The monoisotopic (exact) mass is 396 g/mol. The number of carbonyl (C=O) groups is 1. The zero-order valence-corrected chi connectivity index (χ0v) is 17.6. The van der Waals surface area contributed by atoms with Gasteiger partial charge < -0.3 is 20.7 Å². The SMILES string of the molecule is CCNC(=O)COc1cccc(CN=C(NCC)NCc2ccccc2CC)c1. The summed E-state index contributed by atoms with van der Waals surface area (Å²) < 4.78 is 5.55. The first-order valence-electron chi connectivity index (χ1n) is 10.2. The molecule has 3 N–H and O–H groups in total. The first-order valence-corrected chi connectivity index (χ1v) is 10.2. The Kier molecular flexibility index (Phi) is 9.55. The first kappa shape index (κ1) is 22.3. The molecule has 0 bridgehead atoms. The molecule has 0 saturated carbocycles. The Hall–Kier alpha value is -3.02. The molecule has 2 rings (SSSR count). The number of likely N-dealkylation sites (N-methyl/N-ethyl adjacent to an activating group) is 1. The number of rotatable bonds is 10.